The van der Waals surface area contributed by atoms with E-state index in [1.165, 1.54) is 0 Å². The fraction of sp³-hybridized carbons (Fsp3) is 0.929. The maximum Gasteiger partial charge on any atom is 0.163 e. The van der Waals surface area contributed by atoms with E-state index in [9.17, 15) is 4.79 Å². The van der Waals surface area contributed by atoms with Gasteiger partial charge in [0.05, 0.1) is 11.7 Å². The Hall–Kier alpha value is -0.450. The van der Waals surface area contributed by atoms with Crippen molar-refractivity contribution in [1.29, 1.82) is 0 Å². The summed E-state index contributed by atoms with van der Waals surface area (Å²) in [5.74, 6) is -0.550. The predicted octanol–water partition coefficient (Wildman–Crippen LogP) is 2.55. The SMILES string of the molecule is CCOC(C)(C)OC(C)C1CC(C)(C)OC1C=O. The lowest BCUT2D eigenvalue weighted by atomic mass is 9.90. The second kappa shape index (κ2) is 5.68. The smallest absolute Gasteiger partial charge is 0.163 e. The van der Waals surface area contributed by atoms with Crippen LogP contribution < -0.4 is 0 Å². The molecule has 0 aliphatic carbocycles. The summed E-state index contributed by atoms with van der Waals surface area (Å²) in [5, 5.41) is 0. The third kappa shape index (κ3) is 4.04. The van der Waals surface area contributed by atoms with Crippen molar-refractivity contribution in [3.63, 3.8) is 0 Å². The van der Waals surface area contributed by atoms with E-state index in [-0.39, 0.29) is 23.7 Å². The van der Waals surface area contributed by atoms with Crippen LogP contribution in [0.2, 0.25) is 0 Å². The molecule has 0 aromatic rings. The Kier molecular flexibility index (Phi) is 4.92. The highest BCUT2D eigenvalue weighted by atomic mass is 16.7. The highest BCUT2D eigenvalue weighted by Crippen LogP contribution is 2.37. The lowest BCUT2D eigenvalue weighted by molar-refractivity contribution is -0.241. The Morgan fingerprint density at radius 1 is 1.50 bits per heavy atom. The van der Waals surface area contributed by atoms with Gasteiger partial charge in [0.1, 0.15) is 12.4 Å². The molecule has 0 radical (unpaired) electrons. The Bertz CT molecular complexity index is 286. The van der Waals surface area contributed by atoms with Gasteiger partial charge in [-0.2, -0.15) is 0 Å². The first-order chi connectivity index (χ1) is 8.21. The van der Waals surface area contributed by atoms with Gasteiger partial charge in [-0.1, -0.05) is 0 Å². The van der Waals surface area contributed by atoms with E-state index in [1.807, 2.05) is 41.5 Å². The van der Waals surface area contributed by atoms with Crippen molar-refractivity contribution in [2.24, 2.45) is 5.92 Å². The Labute approximate surface area is 110 Å². The molecule has 1 heterocycles. The van der Waals surface area contributed by atoms with Gasteiger partial charge in [0, 0.05) is 12.5 Å². The first kappa shape index (κ1) is 15.6. The highest BCUT2D eigenvalue weighted by molar-refractivity contribution is 5.57. The minimum Gasteiger partial charge on any atom is -0.364 e. The summed E-state index contributed by atoms with van der Waals surface area (Å²) >= 11 is 0. The van der Waals surface area contributed by atoms with Crippen LogP contribution in [0, 0.1) is 5.92 Å². The van der Waals surface area contributed by atoms with Gasteiger partial charge in [0.2, 0.25) is 0 Å². The van der Waals surface area contributed by atoms with Crippen molar-refractivity contribution in [3.8, 4) is 0 Å². The van der Waals surface area contributed by atoms with Crippen molar-refractivity contribution in [1.82, 2.24) is 0 Å². The molecule has 4 heteroatoms. The van der Waals surface area contributed by atoms with E-state index in [0.29, 0.717) is 6.61 Å². The normalized spacial score (nSPS) is 29.2. The second-order valence-electron chi connectivity index (χ2n) is 6.00. The summed E-state index contributed by atoms with van der Waals surface area (Å²) in [7, 11) is 0. The molecule has 18 heavy (non-hydrogen) atoms. The molecular formula is C14H26O4. The van der Waals surface area contributed by atoms with Crippen LogP contribution in [0.1, 0.15) is 48.0 Å². The minimum atomic E-state index is -0.631. The molecule has 1 saturated heterocycles. The first-order valence-corrected chi connectivity index (χ1v) is 6.65. The van der Waals surface area contributed by atoms with E-state index in [0.717, 1.165) is 12.7 Å². The van der Waals surface area contributed by atoms with Gasteiger partial charge in [0.15, 0.2) is 5.79 Å². The van der Waals surface area contributed by atoms with Crippen LogP contribution in [0.3, 0.4) is 0 Å². The first-order valence-electron chi connectivity index (χ1n) is 6.65. The summed E-state index contributed by atoms with van der Waals surface area (Å²) in [6.07, 6.45) is 1.24. The lowest BCUT2D eigenvalue weighted by Crippen LogP contribution is -2.38. The number of carbonyl (C=O) groups excluding carboxylic acids is 1. The van der Waals surface area contributed by atoms with Gasteiger partial charge in [-0.3, -0.25) is 0 Å². The van der Waals surface area contributed by atoms with Gasteiger partial charge in [-0.05, 0) is 48.0 Å². The topological polar surface area (TPSA) is 44.8 Å². The van der Waals surface area contributed by atoms with Crippen LogP contribution in [0.25, 0.3) is 0 Å². The highest BCUT2D eigenvalue weighted by Gasteiger charge is 2.44. The monoisotopic (exact) mass is 258 g/mol. The molecule has 3 unspecified atom stereocenters. The van der Waals surface area contributed by atoms with Crippen molar-refractivity contribution in [2.45, 2.75) is 71.6 Å². The molecule has 0 amide bonds. The summed E-state index contributed by atoms with van der Waals surface area (Å²) in [4.78, 5) is 11.1. The lowest BCUT2D eigenvalue weighted by Gasteiger charge is -2.32. The molecule has 1 rings (SSSR count). The van der Waals surface area contributed by atoms with E-state index in [1.54, 1.807) is 0 Å². The second-order valence-corrected chi connectivity index (χ2v) is 6.00. The number of ether oxygens (including phenoxy) is 3. The molecule has 3 atom stereocenters. The number of hydrogen-bond donors (Lipinski definition) is 0. The fourth-order valence-corrected chi connectivity index (χ4v) is 2.67. The van der Waals surface area contributed by atoms with Crippen molar-refractivity contribution in [3.05, 3.63) is 0 Å². The molecule has 1 aliphatic heterocycles. The van der Waals surface area contributed by atoms with Crippen LogP contribution >= 0.6 is 0 Å². The number of rotatable bonds is 6. The zero-order chi connectivity index (χ0) is 14.0. The number of carbonyl (C=O) groups is 1. The van der Waals surface area contributed by atoms with Crippen molar-refractivity contribution < 1.29 is 19.0 Å². The van der Waals surface area contributed by atoms with Crippen LogP contribution in [-0.4, -0.2) is 36.5 Å². The van der Waals surface area contributed by atoms with Gasteiger partial charge < -0.3 is 19.0 Å². The van der Waals surface area contributed by atoms with Gasteiger partial charge in [0.25, 0.3) is 0 Å². The van der Waals surface area contributed by atoms with E-state index >= 15 is 0 Å². The molecule has 0 saturated carbocycles. The largest absolute Gasteiger partial charge is 0.364 e. The maximum atomic E-state index is 11.1. The Balaban J connectivity index is 2.66. The van der Waals surface area contributed by atoms with E-state index in [2.05, 4.69) is 0 Å². The molecule has 0 N–H and O–H groups in total. The van der Waals surface area contributed by atoms with Crippen molar-refractivity contribution in [2.75, 3.05) is 6.61 Å². The summed E-state index contributed by atoms with van der Waals surface area (Å²) < 4.78 is 17.2. The summed E-state index contributed by atoms with van der Waals surface area (Å²) in [6.45, 7) is 12.3. The van der Waals surface area contributed by atoms with Crippen LogP contribution in [0.4, 0.5) is 0 Å². The van der Waals surface area contributed by atoms with Gasteiger partial charge >= 0.3 is 0 Å². The standard InChI is InChI=1S/C14H26O4/c1-7-16-14(5,6)17-10(2)11-8-13(3,4)18-12(11)9-15/h9-12H,7-8H2,1-6H3. The minimum absolute atomic E-state index is 0.0801. The molecule has 0 spiro atoms. The number of hydrogen-bond acceptors (Lipinski definition) is 4. The molecular weight excluding hydrogens is 232 g/mol. The van der Waals surface area contributed by atoms with Crippen molar-refractivity contribution >= 4 is 6.29 Å². The zero-order valence-electron chi connectivity index (χ0n) is 12.4. The molecule has 4 nitrogen and oxygen atoms in total. The number of aldehydes is 1. The van der Waals surface area contributed by atoms with E-state index in [4.69, 9.17) is 14.2 Å². The zero-order valence-corrected chi connectivity index (χ0v) is 12.4. The molecule has 0 aromatic heterocycles. The summed E-state index contributed by atoms with van der Waals surface area (Å²) in [5.41, 5.74) is -0.260. The third-order valence-corrected chi connectivity index (χ3v) is 3.30. The molecule has 1 fully saturated rings. The summed E-state index contributed by atoms with van der Waals surface area (Å²) in [6, 6.07) is 0. The Morgan fingerprint density at radius 2 is 2.11 bits per heavy atom. The Morgan fingerprint density at radius 3 is 2.61 bits per heavy atom. The maximum absolute atomic E-state index is 11.1. The van der Waals surface area contributed by atoms with Crippen LogP contribution in [0.5, 0.6) is 0 Å². The van der Waals surface area contributed by atoms with Gasteiger partial charge in [-0.15, -0.1) is 0 Å². The molecule has 106 valence electrons. The average Bonchev–Trinajstić information content (AvgIpc) is 2.53. The fourth-order valence-electron chi connectivity index (χ4n) is 2.67. The molecule has 1 aliphatic rings. The van der Waals surface area contributed by atoms with E-state index < -0.39 is 5.79 Å². The van der Waals surface area contributed by atoms with Crippen LogP contribution in [-0.2, 0) is 19.0 Å². The van der Waals surface area contributed by atoms with Gasteiger partial charge in [-0.25, -0.2) is 0 Å². The average molecular weight is 258 g/mol. The molecule has 0 aromatic carbocycles. The predicted molar refractivity (Wildman–Crippen MR) is 69.4 cm³/mol. The molecule has 0 bridgehead atoms. The van der Waals surface area contributed by atoms with Crippen LogP contribution in [0.15, 0.2) is 0 Å². The third-order valence-electron chi connectivity index (χ3n) is 3.30. The quantitative estimate of drug-likeness (QED) is 0.542.